The molecule has 1 N–H and O–H groups in total. The fourth-order valence-electron chi connectivity index (χ4n) is 1.10. The van der Waals surface area contributed by atoms with Crippen LogP contribution in [0.5, 0.6) is 5.75 Å². The van der Waals surface area contributed by atoms with E-state index in [4.69, 9.17) is 5.11 Å². The number of carbonyl (C=O) groups is 1. The first-order chi connectivity index (χ1) is 5.79. The Morgan fingerprint density at radius 3 is 2.92 bits per heavy atom. The molecule has 0 radical (unpaired) electrons. The van der Waals surface area contributed by atoms with E-state index in [0.717, 1.165) is 16.4 Å². The molecule has 60 valence electrons. The molecule has 2 nitrogen and oxygen atoms in total. The topological polar surface area (TPSA) is 37.3 Å². The minimum Gasteiger partial charge on any atom is -0.508 e. The fraction of sp³-hybridized carbons (Fsp3) is 0. The quantitative estimate of drug-likeness (QED) is 0.681. The van der Waals surface area contributed by atoms with Crippen molar-refractivity contribution in [2.75, 3.05) is 0 Å². The highest BCUT2D eigenvalue weighted by molar-refractivity contribution is 7.20. The van der Waals surface area contributed by atoms with E-state index in [1.807, 2.05) is 6.07 Å². The highest BCUT2D eigenvalue weighted by Crippen LogP contribution is 2.27. The molecule has 1 heterocycles. The van der Waals surface area contributed by atoms with E-state index in [-0.39, 0.29) is 5.75 Å². The van der Waals surface area contributed by atoms with E-state index in [1.165, 1.54) is 11.3 Å². The van der Waals surface area contributed by atoms with Gasteiger partial charge in [-0.3, -0.25) is 4.79 Å². The molecular weight excluding hydrogens is 172 g/mol. The van der Waals surface area contributed by atoms with Gasteiger partial charge in [0.25, 0.3) is 0 Å². The minimum atomic E-state index is 0.238. The van der Waals surface area contributed by atoms with Gasteiger partial charge in [-0.1, -0.05) is 0 Å². The van der Waals surface area contributed by atoms with E-state index < -0.39 is 0 Å². The molecule has 0 spiro atoms. The van der Waals surface area contributed by atoms with Crippen LogP contribution < -0.4 is 0 Å². The summed E-state index contributed by atoms with van der Waals surface area (Å²) in [5.74, 6) is 0.238. The van der Waals surface area contributed by atoms with Crippen molar-refractivity contribution < 1.29 is 9.90 Å². The molecule has 1 aromatic carbocycles. The minimum absolute atomic E-state index is 0.238. The predicted molar refractivity (Wildman–Crippen MR) is 48.9 cm³/mol. The maximum Gasteiger partial charge on any atom is 0.160 e. The maximum atomic E-state index is 10.4. The van der Waals surface area contributed by atoms with Gasteiger partial charge < -0.3 is 5.11 Å². The summed E-state index contributed by atoms with van der Waals surface area (Å²) in [5.41, 5.74) is 0. The van der Waals surface area contributed by atoms with Gasteiger partial charge in [0, 0.05) is 4.70 Å². The summed E-state index contributed by atoms with van der Waals surface area (Å²) < 4.78 is 0.942. The zero-order chi connectivity index (χ0) is 8.55. The number of hydrogen-bond acceptors (Lipinski definition) is 3. The largest absolute Gasteiger partial charge is 0.508 e. The van der Waals surface area contributed by atoms with Crippen molar-refractivity contribution in [2.24, 2.45) is 0 Å². The van der Waals surface area contributed by atoms with Crippen molar-refractivity contribution in [1.29, 1.82) is 0 Å². The maximum absolute atomic E-state index is 10.4. The second-order valence-electron chi connectivity index (χ2n) is 2.49. The molecule has 0 unspecified atom stereocenters. The number of fused-ring (bicyclic) bond motifs is 1. The number of rotatable bonds is 1. The van der Waals surface area contributed by atoms with Crippen LogP contribution in [-0.4, -0.2) is 11.4 Å². The summed E-state index contributed by atoms with van der Waals surface area (Å²) in [4.78, 5) is 11.1. The summed E-state index contributed by atoms with van der Waals surface area (Å²) in [6.45, 7) is 0. The lowest BCUT2D eigenvalue weighted by Crippen LogP contribution is -1.63. The first-order valence-electron chi connectivity index (χ1n) is 3.47. The van der Waals surface area contributed by atoms with Gasteiger partial charge >= 0.3 is 0 Å². The van der Waals surface area contributed by atoms with Crippen LogP contribution in [0.1, 0.15) is 9.67 Å². The van der Waals surface area contributed by atoms with Crippen molar-refractivity contribution in [2.45, 2.75) is 0 Å². The molecule has 0 aliphatic heterocycles. The van der Waals surface area contributed by atoms with Gasteiger partial charge in [-0.05, 0) is 29.7 Å². The van der Waals surface area contributed by atoms with Crippen molar-refractivity contribution >= 4 is 27.7 Å². The second kappa shape index (κ2) is 2.60. The number of phenolic OH excluding ortho intramolecular Hbond substituents is 1. The SMILES string of the molecule is O=Cc1cc2ccc(O)cc2s1. The van der Waals surface area contributed by atoms with E-state index in [1.54, 1.807) is 18.2 Å². The summed E-state index contributed by atoms with van der Waals surface area (Å²) in [5, 5.41) is 10.1. The molecular formula is C9H6O2S. The van der Waals surface area contributed by atoms with Crippen molar-refractivity contribution in [1.82, 2.24) is 0 Å². The molecule has 0 aliphatic rings. The molecule has 0 aliphatic carbocycles. The van der Waals surface area contributed by atoms with Crippen LogP contribution in [0, 0.1) is 0 Å². The molecule has 2 aromatic rings. The van der Waals surface area contributed by atoms with Crippen LogP contribution in [0.25, 0.3) is 10.1 Å². The Morgan fingerprint density at radius 1 is 1.33 bits per heavy atom. The molecule has 0 fully saturated rings. The Hall–Kier alpha value is -1.35. The molecule has 0 amide bonds. The average molecular weight is 178 g/mol. The lowest BCUT2D eigenvalue weighted by atomic mass is 10.2. The zero-order valence-electron chi connectivity index (χ0n) is 6.15. The monoisotopic (exact) mass is 178 g/mol. The molecule has 0 saturated heterocycles. The fourth-order valence-corrected chi connectivity index (χ4v) is 2.01. The van der Waals surface area contributed by atoms with Gasteiger partial charge in [0.2, 0.25) is 0 Å². The van der Waals surface area contributed by atoms with E-state index in [2.05, 4.69) is 0 Å². The van der Waals surface area contributed by atoms with Crippen LogP contribution in [0.2, 0.25) is 0 Å². The Kier molecular flexibility index (Phi) is 1.59. The summed E-state index contributed by atoms with van der Waals surface area (Å²) in [6, 6.07) is 6.89. The number of carbonyl (C=O) groups excluding carboxylic acids is 1. The molecule has 2 rings (SSSR count). The standard InChI is InChI=1S/C9H6O2S/c10-5-8-3-6-1-2-7(11)4-9(6)12-8/h1-5,11H. The van der Waals surface area contributed by atoms with Crippen LogP contribution >= 0.6 is 11.3 Å². The van der Waals surface area contributed by atoms with Crippen molar-refractivity contribution in [3.8, 4) is 5.75 Å². The third-order valence-corrected chi connectivity index (χ3v) is 2.66. The Labute approximate surface area is 73.1 Å². The molecule has 3 heteroatoms. The van der Waals surface area contributed by atoms with Crippen LogP contribution in [0.15, 0.2) is 24.3 Å². The summed E-state index contributed by atoms with van der Waals surface area (Å²) in [6.07, 6.45) is 0.821. The number of hydrogen-bond donors (Lipinski definition) is 1. The first kappa shape index (κ1) is 7.31. The van der Waals surface area contributed by atoms with Crippen molar-refractivity contribution in [3.05, 3.63) is 29.1 Å². The van der Waals surface area contributed by atoms with Gasteiger partial charge in [0.15, 0.2) is 6.29 Å². The normalized spacial score (nSPS) is 10.3. The number of aromatic hydroxyl groups is 1. The average Bonchev–Trinajstić information content (AvgIpc) is 2.46. The third-order valence-electron chi connectivity index (χ3n) is 1.64. The Bertz CT molecular complexity index is 431. The molecule has 0 saturated carbocycles. The first-order valence-corrected chi connectivity index (χ1v) is 4.29. The summed E-state index contributed by atoms with van der Waals surface area (Å²) >= 11 is 1.38. The number of aldehydes is 1. The predicted octanol–water partition coefficient (Wildman–Crippen LogP) is 2.42. The van der Waals surface area contributed by atoms with Crippen LogP contribution in [0.4, 0.5) is 0 Å². The van der Waals surface area contributed by atoms with Gasteiger partial charge in [-0.2, -0.15) is 0 Å². The van der Waals surface area contributed by atoms with E-state index in [9.17, 15) is 4.79 Å². The molecule has 1 aromatic heterocycles. The second-order valence-corrected chi connectivity index (χ2v) is 3.60. The van der Waals surface area contributed by atoms with Gasteiger partial charge in [-0.15, -0.1) is 11.3 Å². The van der Waals surface area contributed by atoms with E-state index >= 15 is 0 Å². The number of thiophene rings is 1. The molecule has 0 bridgehead atoms. The lowest BCUT2D eigenvalue weighted by Gasteiger charge is -1.89. The third kappa shape index (κ3) is 1.08. The lowest BCUT2D eigenvalue weighted by molar-refractivity contribution is 0.112. The smallest absolute Gasteiger partial charge is 0.160 e. The summed E-state index contributed by atoms with van der Waals surface area (Å²) in [7, 11) is 0. The number of benzene rings is 1. The van der Waals surface area contributed by atoms with Crippen LogP contribution in [-0.2, 0) is 0 Å². The van der Waals surface area contributed by atoms with Crippen LogP contribution in [0.3, 0.4) is 0 Å². The van der Waals surface area contributed by atoms with Gasteiger partial charge in [0.1, 0.15) is 5.75 Å². The molecule has 12 heavy (non-hydrogen) atoms. The zero-order valence-corrected chi connectivity index (χ0v) is 6.97. The molecule has 0 atom stereocenters. The van der Waals surface area contributed by atoms with Crippen molar-refractivity contribution in [3.63, 3.8) is 0 Å². The Balaban J connectivity index is 2.75. The Morgan fingerprint density at radius 2 is 2.17 bits per heavy atom. The van der Waals surface area contributed by atoms with Gasteiger partial charge in [-0.25, -0.2) is 0 Å². The highest BCUT2D eigenvalue weighted by Gasteiger charge is 2.00. The van der Waals surface area contributed by atoms with Gasteiger partial charge in [0.05, 0.1) is 4.88 Å². The number of phenols is 1. The van der Waals surface area contributed by atoms with E-state index in [0.29, 0.717) is 4.88 Å². The highest BCUT2D eigenvalue weighted by atomic mass is 32.1.